The molecule has 1 heterocycles. The number of likely N-dealkylation sites (tertiary alicyclic amines) is 1. The highest BCUT2D eigenvalue weighted by molar-refractivity contribution is 5.77. The third-order valence-electron chi connectivity index (χ3n) is 3.25. The number of likely N-dealkylation sites (N-methyl/N-ethyl adjacent to an activating group) is 1. The Labute approximate surface area is 93.4 Å². The van der Waals surface area contributed by atoms with E-state index >= 15 is 0 Å². The van der Waals surface area contributed by atoms with E-state index in [-0.39, 0.29) is 5.78 Å². The van der Waals surface area contributed by atoms with Crippen LogP contribution in [0.5, 0.6) is 0 Å². The van der Waals surface area contributed by atoms with E-state index < -0.39 is 0 Å². The molecule has 3 heteroatoms. The fourth-order valence-electron chi connectivity index (χ4n) is 2.21. The van der Waals surface area contributed by atoms with Crippen molar-refractivity contribution >= 4 is 5.78 Å². The summed E-state index contributed by atoms with van der Waals surface area (Å²) >= 11 is 0. The van der Waals surface area contributed by atoms with E-state index in [1.165, 1.54) is 32.4 Å². The topological polar surface area (TPSA) is 23.6 Å². The van der Waals surface area contributed by atoms with Crippen molar-refractivity contribution in [1.29, 1.82) is 0 Å². The van der Waals surface area contributed by atoms with Crippen LogP contribution < -0.4 is 0 Å². The van der Waals surface area contributed by atoms with Gasteiger partial charge in [0, 0.05) is 0 Å². The molecule has 1 aliphatic heterocycles. The number of hydrogen-bond donors (Lipinski definition) is 0. The molecule has 0 amide bonds. The Morgan fingerprint density at radius 2 is 2.00 bits per heavy atom. The quantitative estimate of drug-likeness (QED) is 0.685. The molecular formula is C12H24N2O. The van der Waals surface area contributed by atoms with Gasteiger partial charge in [-0.3, -0.25) is 9.69 Å². The van der Waals surface area contributed by atoms with Gasteiger partial charge in [-0.1, -0.05) is 0 Å². The van der Waals surface area contributed by atoms with Gasteiger partial charge in [0.2, 0.25) is 0 Å². The molecule has 3 nitrogen and oxygen atoms in total. The summed E-state index contributed by atoms with van der Waals surface area (Å²) in [7, 11) is 4.23. The first-order chi connectivity index (χ1) is 7.08. The molecule has 0 bridgehead atoms. The van der Waals surface area contributed by atoms with Crippen LogP contribution in [-0.2, 0) is 4.79 Å². The number of Topliss-reactive ketones (excluding diaryl/α,β-unsaturated/α-hetero) is 1. The molecule has 15 heavy (non-hydrogen) atoms. The summed E-state index contributed by atoms with van der Waals surface area (Å²) in [5.74, 6) is 1.14. The van der Waals surface area contributed by atoms with Crippen LogP contribution in [0.4, 0.5) is 0 Å². The molecule has 1 fully saturated rings. The molecule has 0 aromatic heterocycles. The second kappa shape index (κ2) is 6.23. The lowest BCUT2D eigenvalue weighted by molar-refractivity contribution is -0.117. The Balaban J connectivity index is 2.11. The molecule has 0 spiro atoms. The van der Waals surface area contributed by atoms with Crippen molar-refractivity contribution in [3.05, 3.63) is 0 Å². The standard InChI is InChI=1S/C12H24N2O/c1-11(15)10-14(3)9-6-12-4-7-13(2)8-5-12/h12H,4-10H2,1-3H3. The van der Waals surface area contributed by atoms with Crippen molar-refractivity contribution in [2.45, 2.75) is 26.2 Å². The minimum absolute atomic E-state index is 0.265. The zero-order valence-corrected chi connectivity index (χ0v) is 10.3. The van der Waals surface area contributed by atoms with Crippen molar-refractivity contribution in [3.63, 3.8) is 0 Å². The van der Waals surface area contributed by atoms with Crippen molar-refractivity contribution in [2.75, 3.05) is 40.3 Å². The summed E-state index contributed by atoms with van der Waals surface area (Å²) in [6, 6.07) is 0. The minimum Gasteiger partial charge on any atom is -0.306 e. The number of carbonyl (C=O) groups excluding carboxylic acids is 1. The van der Waals surface area contributed by atoms with Crippen LogP contribution in [0.25, 0.3) is 0 Å². The maximum atomic E-state index is 10.9. The van der Waals surface area contributed by atoms with Gasteiger partial charge in [-0.25, -0.2) is 0 Å². The lowest BCUT2D eigenvalue weighted by Gasteiger charge is -2.29. The fraction of sp³-hybridized carbons (Fsp3) is 0.917. The second-order valence-electron chi connectivity index (χ2n) is 4.98. The first-order valence-electron chi connectivity index (χ1n) is 5.94. The number of nitrogens with zero attached hydrogens (tertiary/aromatic N) is 2. The van der Waals surface area contributed by atoms with Gasteiger partial charge < -0.3 is 4.90 Å². The van der Waals surface area contributed by atoms with E-state index in [0.717, 1.165) is 12.5 Å². The zero-order chi connectivity index (χ0) is 11.3. The van der Waals surface area contributed by atoms with Crippen LogP contribution in [0.2, 0.25) is 0 Å². The van der Waals surface area contributed by atoms with Gasteiger partial charge in [-0.2, -0.15) is 0 Å². The van der Waals surface area contributed by atoms with Crippen molar-refractivity contribution < 1.29 is 4.79 Å². The molecule has 1 aliphatic rings. The summed E-state index contributed by atoms with van der Waals surface area (Å²) in [5, 5.41) is 0. The Morgan fingerprint density at radius 1 is 1.40 bits per heavy atom. The van der Waals surface area contributed by atoms with E-state index in [1.807, 2.05) is 7.05 Å². The van der Waals surface area contributed by atoms with Gasteiger partial charge >= 0.3 is 0 Å². The van der Waals surface area contributed by atoms with Crippen LogP contribution in [-0.4, -0.2) is 55.9 Å². The predicted molar refractivity (Wildman–Crippen MR) is 63.0 cm³/mol. The highest BCUT2D eigenvalue weighted by atomic mass is 16.1. The highest BCUT2D eigenvalue weighted by Crippen LogP contribution is 2.19. The molecule has 0 aromatic rings. The molecule has 0 aliphatic carbocycles. The van der Waals surface area contributed by atoms with Crippen LogP contribution >= 0.6 is 0 Å². The van der Waals surface area contributed by atoms with Gasteiger partial charge in [0.25, 0.3) is 0 Å². The third-order valence-corrected chi connectivity index (χ3v) is 3.25. The van der Waals surface area contributed by atoms with Crippen LogP contribution in [0.3, 0.4) is 0 Å². The summed E-state index contributed by atoms with van der Waals surface area (Å²) in [6.07, 6.45) is 3.90. The maximum Gasteiger partial charge on any atom is 0.143 e. The summed E-state index contributed by atoms with van der Waals surface area (Å²) < 4.78 is 0. The third kappa shape index (κ3) is 5.28. The number of carbonyl (C=O) groups is 1. The molecule has 0 saturated carbocycles. The molecule has 0 unspecified atom stereocenters. The summed E-state index contributed by atoms with van der Waals surface area (Å²) in [5.41, 5.74) is 0. The normalized spacial score (nSPS) is 19.7. The lowest BCUT2D eigenvalue weighted by atomic mass is 9.94. The van der Waals surface area contributed by atoms with E-state index in [0.29, 0.717) is 6.54 Å². The van der Waals surface area contributed by atoms with E-state index in [9.17, 15) is 4.79 Å². The van der Waals surface area contributed by atoms with Crippen LogP contribution in [0.15, 0.2) is 0 Å². The molecule has 1 rings (SSSR count). The van der Waals surface area contributed by atoms with Gasteiger partial charge in [0.1, 0.15) is 5.78 Å². The zero-order valence-electron chi connectivity index (χ0n) is 10.3. The molecule has 0 aromatic carbocycles. The van der Waals surface area contributed by atoms with E-state index in [2.05, 4.69) is 16.8 Å². The molecule has 0 N–H and O–H groups in total. The van der Waals surface area contributed by atoms with E-state index in [4.69, 9.17) is 0 Å². The highest BCUT2D eigenvalue weighted by Gasteiger charge is 2.16. The van der Waals surface area contributed by atoms with Crippen molar-refractivity contribution in [2.24, 2.45) is 5.92 Å². The molecule has 0 radical (unpaired) electrons. The molecular weight excluding hydrogens is 188 g/mol. The Bertz CT molecular complexity index is 198. The lowest BCUT2D eigenvalue weighted by Crippen LogP contribution is -2.32. The fourth-order valence-corrected chi connectivity index (χ4v) is 2.21. The predicted octanol–water partition coefficient (Wildman–Crippen LogP) is 1.24. The monoisotopic (exact) mass is 212 g/mol. The first kappa shape index (κ1) is 12.7. The molecule has 88 valence electrons. The van der Waals surface area contributed by atoms with Crippen molar-refractivity contribution in [1.82, 2.24) is 9.80 Å². The Hall–Kier alpha value is -0.410. The van der Waals surface area contributed by atoms with Crippen molar-refractivity contribution in [3.8, 4) is 0 Å². The van der Waals surface area contributed by atoms with Gasteiger partial charge in [0.15, 0.2) is 0 Å². The maximum absolute atomic E-state index is 10.9. The number of ketones is 1. The number of hydrogen-bond acceptors (Lipinski definition) is 3. The van der Waals surface area contributed by atoms with Gasteiger partial charge in [0.05, 0.1) is 6.54 Å². The average molecular weight is 212 g/mol. The Kier molecular flexibility index (Phi) is 5.26. The number of rotatable bonds is 5. The Morgan fingerprint density at radius 3 is 2.53 bits per heavy atom. The van der Waals surface area contributed by atoms with E-state index in [1.54, 1.807) is 6.92 Å². The smallest absolute Gasteiger partial charge is 0.143 e. The SMILES string of the molecule is CC(=O)CN(C)CCC1CCN(C)CC1. The number of piperidine rings is 1. The average Bonchev–Trinajstić information content (AvgIpc) is 2.16. The summed E-state index contributed by atoms with van der Waals surface area (Å²) in [4.78, 5) is 15.4. The largest absolute Gasteiger partial charge is 0.306 e. The van der Waals surface area contributed by atoms with Crippen LogP contribution in [0, 0.1) is 5.92 Å². The molecule has 1 saturated heterocycles. The first-order valence-corrected chi connectivity index (χ1v) is 5.94. The summed E-state index contributed by atoms with van der Waals surface area (Å²) in [6.45, 7) is 5.80. The van der Waals surface area contributed by atoms with Gasteiger partial charge in [-0.15, -0.1) is 0 Å². The molecule has 0 atom stereocenters. The second-order valence-corrected chi connectivity index (χ2v) is 4.98. The van der Waals surface area contributed by atoms with Crippen LogP contribution in [0.1, 0.15) is 26.2 Å². The minimum atomic E-state index is 0.265. The van der Waals surface area contributed by atoms with Gasteiger partial charge in [-0.05, 0) is 65.8 Å².